The van der Waals surface area contributed by atoms with Crippen molar-refractivity contribution in [2.24, 2.45) is 0 Å². The van der Waals surface area contributed by atoms with Gasteiger partial charge in [-0.15, -0.1) is 0 Å². The van der Waals surface area contributed by atoms with E-state index >= 15 is 0 Å². The minimum Gasteiger partial charge on any atom is -0.265 e. The molecule has 60 valence electrons. The predicted molar refractivity (Wildman–Crippen MR) is 54.5 cm³/mol. The van der Waals surface area contributed by atoms with Crippen molar-refractivity contribution >= 4 is 22.6 Å². The van der Waals surface area contributed by atoms with Crippen molar-refractivity contribution in [2.75, 3.05) is 0 Å². The van der Waals surface area contributed by atoms with Crippen LogP contribution in [-0.4, -0.2) is 15.2 Å². The molecule has 12 heavy (non-hydrogen) atoms. The Kier molecular flexibility index (Phi) is 2.07. The number of nitrogens with one attached hydrogen (secondary N) is 1. The third-order valence-corrected chi connectivity index (χ3v) is 2.24. The summed E-state index contributed by atoms with van der Waals surface area (Å²) in [5.41, 5.74) is 1.04. The number of nitrogens with zero attached hydrogens (tertiary/aromatic N) is 2. The van der Waals surface area contributed by atoms with E-state index in [1.165, 1.54) is 3.57 Å². The van der Waals surface area contributed by atoms with E-state index < -0.39 is 0 Å². The van der Waals surface area contributed by atoms with Crippen molar-refractivity contribution in [1.29, 1.82) is 0 Å². The van der Waals surface area contributed by atoms with Crippen LogP contribution in [0.3, 0.4) is 0 Å². The number of H-pyrrole nitrogens is 1. The van der Waals surface area contributed by atoms with E-state index in [0.717, 1.165) is 11.4 Å². The van der Waals surface area contributed by atoms with Gasteiger partial charge >= 0.3 is 0 Å². The van der Waals surface area contributed by atoms with Crippen molar-refractivity contribution < 1.29 is 0 Å². The fourth-order valence-electron chi connectivity index (χ4n) is 0.947. The van der Waals surface area contributed by atoms with Crippen molar-refractivity contribution in [3.63, 3.8) is 0 Å². The lowest BCUT2D eigenvalue weighted by Crippen LogP contribution is -1.80. The molecular weight excluding hydrogens is 265 g/mol. The molecule has 3 nitrogen and oxygen atoms in total. The lowest BCUT2D eigenvalue weighted by atomic mass is 10.2. The largest absolute Gasteiger partial charge is 0.265 e. The van der Waals surface area contributed by atoms with E-state index in [0.29, 0.717) is 0 Å². The van der Waals surface area contributed by atoms with Gasteiger partial charge in [0.05, 0.1) is 0 Å². The van der Waals surface area contributed by atoms with E-state index in [1.54, 1.807) is 6.33 Å². The van der Waals surface area contributed by atoms with Gasteiger partial charge in [0, 0.05) is 9.13 Å². The quantitative estimate of drug-likeness (QED) is 0.807. The van der Waals surface area contributed by atoms with Crippen LogP contribution in [0, 0.1) is 3.57 Å². The third-order valence-electron chi connectivity index (χ3n) is 1.52. The van der Waals surface area contributed by atoms with Crippen LogP contribution in [0.2, 0.25) is 0 Å². The minimum atomic E-state index is 0.742. The molecule has 1 N–H and O–H groups in total. The third kappa shape index (κ3) is 1.47. The second-order valence-corrected chi connectivity index (χ2v) is 3.58. The maximum atomic E-state index is 4.05. The molecule has 0 aliphatic heterocycles. The monoisotopic (exact) mass is 271 g/mol. The van der Waals surface area contributed by atoms with Gasteiger partial charge < -0.3 is 0 Å². The second-order valence-electron chi connectivity index (χ2n) is 2.33. The molecule has 0 unspecified atom stereocenters. The van der Waals surface area contributed by atoms with Crippen molar-refractivity contribution in [2.45, 2.75) is 0 Å². The minimum absolute atomic E-state index is 0.742. The number of aromatic nitrogens is 3. The van der Waals surface area contributed by atoms with Crippen molar-refractivity contribution in [3.05, 3.63) is 34.2 Å². The smallest absolute Gasteiger partial charge is 0.180 e. The van der Waals surface area contributed by atoms with Gasteiger partial charge in [0.15, 0.2) is 5.82 Å². The van der Waals surface area contributed by atoms with Crippen molar-refractivity contribution in [3.8, 4) is 11.4 Å². The first kappa shape index (κ1) is 7.72. The Morgan fingerprint density at radius 3 is 2.50 bits per heavy atom. The van der Waals surface area contributed by atoms with Crippen LogP contribution >= 0.6 is 22.6 Å². The van der Waals surface area contributed by atoms with Crippen LogP contribution in [0.4, 0.5) is 0 Å². The van der Waals surface area contributed by atoms with E-state index in [1.807, 2.05) is 24.3 Å². The van der Waals surface area contributed by atoms with Gasteiger partial charge in [-0.2, -0.15) is 5.10 Å². The first-order chi connectivity index (χ1) is 5.86. The van der Waals surface area contributed by atoms with Gasteiger partial charge in [0.1, 0.15) is 6.33 Å². The standard InChI is InChI=1S/C8H6IN3/c9-7-3-1-6(2-4-7)8-10-5-11-12-8/h1-5H,(H,10,11,12). The van der Waals surface area contributed by atoms with Crippen LogP contribution in [0.5, 0.6) is 0 Å². The number of halogens is 1. The first-order valence-corrected chi connectivity index (χ1v) is 4.56. The molecule has 0 radical (unpaired) electrons. The molecule has 1 aromatic carbocycles. The molecule has 2 rings (SSSR count). The zero-order chi connectivity index (χ0) is 8.39. The lowest BCUT2D eigenvalue weighted by molar-refractivity contribution is 1.10. The van der Waals surface area contributed by atoms with Crippen LogP contribution in [0.15, 0.2) is 30.6 Å². The summed E-state index contributed by atoms with van der Waals surface area (Å²) in [4.78, 5) is 4.05. The molecule has 4 heteroatoms. The zero-order valence-electron chi connectivity index (χ0n) is 6.16. The van der Waals surface area contributed by atoms with E-state index in [4.69, 9.17) is 0 Å². The molecular formula is C8H6IN3. The van der Waals surface area contributed by atoms with E-state index in [-0.39, 0.29) is 0 Å². The Balaban J connectivity index is 2.43. The van der Waals surface area contributed by atoms with Gasteiger partial charge in [0.25, 0.3) is 0 Å². The molecule has 1 aromatic heterocycles. The molecule has 1 heterocycles. The first-order valence-electron chi connectivity index (χ1n) is 3.48. The topological polar surface area (TPSA) is 41.6 Å². The maximum absolute atomic E-state index is 4.05. The number of hydrogen-bond donors (Lipinski definition) is 1. The maximum Gasteiger partial charge on any atom is 0.180 e. The number of rotatable bonds is 1. The average molecular weight is 271 g/mol. The molecule has 0 aliphatic carbocycles. The Hall–Kier alpha value is -0.910. The van der Waals surface area contributed by atoms with Gasteiger partial charge in [-0.1, -0.05) is 12.1 Å². The molecule has 0 bridgehead atoms. The fraction of sp³-hybridized carbons (Fsp3) is 0. The van der Waals surface area contributed by atoms with Gasteiger partial charge in [0.2, 0.25) is 0 Å². The number of aromatic amines is 1. The van der Waals surface area contributed by atoms with Gasteiger partial charge in [-0.05, 0) is 34.7 Å². The summed E-state index contributed by atoms with van der Waals surface area (Å²) in [6.45, 7) is 0. The highest BCUT2D eigenvalue weighted by molar-refractivity contribution is 14.1. The highest BCUT2D eigenvalue weighted by Crippen LogP contribution is 2.14. The molecule has 2 aromatic rings. The SMILES string of the molecule is Ic1ccc(-c2nc[nH]n2)cc1. The summed E-state index contributed by atoms with van der Waals surface area (Å²) < 4.78 is 1.21. The van der Waals surface area contributed by atoms with E-state index in [9.17, 15) is 0 Å². The molecule has 0 spiro atoms. The molecule has 0 aliphatic rings. The number of benzene rings is 1. The summed E-state index contributed by atoms with van der Waals surface area (Å²) in [5.74, 6) is 0.742. The Labute approximate surface area is 83.4 Å². The Bertz CT molecular complexity index is 352. The highest BCUT2D eigenvalue weighted by atomic mass is 127. The van der Waals surface area contributed by atoms with Crippen LogP contribution in [0.1, 0.15) is 0 Å². The Morgan fingerprint density at radius 2 is 1.92 bits per heavy atom. The fourth-order valence-corrected chi connectivity index (χ4v) is 1.31. The van der Waals surface area contributed by atoms with Crippen LogP contribution in [0.25, 0.3) is 11.4 Å². The summed E-state index contributed by atoms with van der Waals surface area (Å²) in [7, 11) is 0. The van der Waals surface area contributed by atoms with Gasteiger partial charge in [-0.3, -0.25) is 5.10 Å². The molecule has 0 amide bonds. The molecule has 0 saturated carbocycles. The molecule has 0 atom stereocenters. The van der Waals surface area contributed by atoms with E-state index in [2.05, 4.69) is 37.8 Å². The van der Waals surface area contributed by atoms with Gasteiger partial charge in [-0.25, -0.2) is 4.98 Å². The summed E-state index contributed by atoms with van der Waals surface area (Å²) in [6, 6.07) is 8.08. The lowest BCUT2D eigenvalue weighted by Gasteiger charge is -1.93. The zero-order valence-corrected chi connectivity index (χ0v) is 8.32. The summed E-state index contributed by atoms with van der Waals surface area (Å²) in [5, 5.41) is 6.66. The second kappa shape index (κ2) is 3.22. The number of hydrogen-bond acceptors (Lipinski definition) is 2. The summed E-state index contributed by atoms with van der Waals surface area (Å²) >= 11 is 2.27. The predicted octanol–water partition coefficient (Wildman–Crippen LogP) is 2.08. The van der Waals surface area contributed by atoms with Crippen LogP contribution in [-0.2, 0) is 0 Å². The normalized spacial score (nSPS) is 10.1. The van der Waals surface area contributed by atoms with Crippen LogP contribution < -0.4 is 0 Å². The average Bonchev–Trinajstić information content (AvgIpc) is 2.58. The molecule has 0 saturated heterocycles. The highest BCUT2D eigenvalue weighted by Gasteiger charge is 1.98. The molecule has 0 fully saturated rings. The Morgan fingerprint density at radius 1 is 1.17 bits per heavy atom. The van der Waals surface area contributed by atoms with Crippen molar-refractivity contribution in [1.82, 2.24) is 15.2 Å². The summed E-state index contributed by atoms with van der Waals surface area (Å²) in [6.07, 6.45) is 1.58.